The summed E-state index contributed by atoms with van der Waals surface area (Å²) in [5, 5.41) is 2.50. The molecule has 0 bridgehead atoms. The Balaban J connectivity index is 2.72. The van der Waals surface area contributed by atoms with Gasteiger partial charge in [0.15, 0.2) is 0 Å². The Hall–Kier alpha value is -1.91. The van der Waals surface area contributed by atoms with E-state index in [1.807, 2.05) is 27.7 Å². The van der Waals surface area contributed by atoms with Crippen molar-refractivity contribution in [3.63, 3.8) is 0 Å². The first kappa shape index (κ1) is 17.1. The molecular weight excluding hydrogens is 271 g/mol. The van der Waals surface area contributed by atoms with E-state index >= 15 is 0 Å². The smallest absolute Gasteiger partial charge is 0.313 e. The van der Waals surface area contributed by atoms with Crippen LogP contribution < -0.4 is 5.32 Å². The molecule has 2 amide bonds. The average Bonchev–Trinajstić information content (AvgIpc) is 2.38. The van der Waals surface area contributed by atoms with Crippen LogP contribution in [0.1, 0.15) is 27.7 Å². The number of benzene rings is 1. The van der Waals surface area contributed by atoms with Gasteiger partial charge in [-0.3, -0.25) is 9.59 Å². The molecular formula is C16H23FN2O2. The Morgan fingerprint density at radius 3 is 1.95 bits per heavy atom. The summed E-state index contributed by atoms with van der Waals surface area (Å²) in [7, 11) is 0. The number of halogens is 1. The minimum absolute atomic E-state index is 0.284. The zero-order chi connectivity index (χ0) is 16.0. The molecule has 116 valence electrons. The molecule has 21 heavy (non-hydrogen) atoms. The second-order valence-electron chi connectivity index (χ2n) is 5.96. The Bertz CT molecular complexity index is 474. The third-order valence-corrected chi connectivity index (χ3v) is 2.75. The van der Waals surface area contributed by atoms with Gasteiger partial charge in [0.05, 0.1) is 0 Å². The van der Waals surface area contributed by atoms with Crippen molar-refractivity contribution in [3.05, 3.63) is 30.1 Å². The Morgan fingerprint density at radius 2 is 1.52 bits per heavy atom. The van der Waals surface area contributed by atoms with Gasteiger partial charge in [-0.1, -0.05) is 27.7 Å². The fourth-order valence-electron chi connectivity index (χ4n) is 1.98. The molecule has 4 nitrogen and oxygen atoms in total. The Labute approximate surface area is 125 Å². The Kier molecular flexibility index (Phi) is 6.34. The van der Waals surface area contributed by atoms with Crippen molar-refractivity contribution in [1.82, 2.24) is 4.90 Å². The van der Waals surface area contributed by atoms with Gasteiger partial charge in [0, 0.05) is 18.8 Å². The van der Waals surface area contributed by atoms with E-state index in [1.165, 1.54) is 24.3 Å². The number of hydrogen-bond acceptors (Lipinski definition) is 2. The molecule has 0 atom stereocenters. The van der Waals surface area contributed by atoms with Crippen LogP contribution in [0, 0.1) is 17.7 Å². The van der Waals surface area contributed by atoms with Crippen LogP contribution in [0.3, 0.4) is 0 Å². The van der Waals surface area contributed by atoms with Gasteiger partial charge in [-0.25, -0.2) is 4.39 Å². The number of carbonyl (C=O) groups is 2. The van der Waals surface area contributed by atoms with Gasteiger partial charge in [-0.15, -0.1) is 0 Å². The molecule has 0 aliphatic heterocycles. The number of nitrogens with one attached hydrogen (secondary N) is 1. The van der Waals surface area contributed by atoms with Crippen molar-refractivity contribution in [2.75, 3.05) is 18.4 Å². The lowest BCUT2D eigenvalue weighted by molar-refractivity contribution is -0.143. The van der Waals surface area contributed by atoms with E-state index in [9.17, 15) is 14.0 Å². The van der Waals surface area contributed by atoms with Crippen molar-refractivity contribution < 1.29 is 14.0 Å². The molecule has 1 aromatic carbocycles. The van der Waals surface area contributed by atoms with Crippen LogP contribution in [0.5, 0.6) is 0 Å². The highest BCUT2D eigenvalue weighted by molar-refractivity contribution is 6.39. The minimum Gasteiger partial charge on any atom is -0.334 e. The summed E-state index contributed by atoms with van der Waals surface area (Å²) in [4.78, 5) is 25.8. The molecule has 1 aromatic rings. The number of carbonyl (C=O) groups excluding carboxylic acids is 2. The first-order valence-electron chi connectivity index (χ1n) is 7.15. The van der Waals surface area contributed by atoms with E-state index in [4.69, 9.17) is 0 Å². The number of anilines is 1. The highest BCUT2D eigenvalue weighted by Crippen LogP contribution is 2.10. The molecule has 0 saturated heterocycles. The molecule has 0 aromatic heterocycles. The van der Waals surface area contributed by atoms with E-state index in [2.05, 4.69) is 5.32 Å². The molecule has 0 saturated carbocycles. The van der Waals surface area contributed by atoms with Crippen molar-refractivity contribution in [2.45, 2.75) is 27.7 Å². The minimum atomic E-state index is -0.692. The summed E-state index contributed by atoms with van der Waals surface area (Å²) >= 11 is 0. The number of amides is 2. The molecule has 0 aliphatic rings. The highest BCUT2D eigenvalue weighted by atomic mass is 19.1. The summed E-state index contributed by atoms with van der Waals surface area (Å²) < 4.78 is 12.8. The molecule has 1 N–H and O–H groups in total. The fraction of sp³-hybridized carbons (Fsp3) is 0.500. The van der Waals surface area contributed by atoms with Crippen molar-refractivity contribution in [1.29, 1.82) is 0 Å². The van der Waals surface area contributed by atoms with Gasteiger partial charge in [-0.05, 0) is 36.1 Å². The van der Waals surface area contributed by atoms with Crippen LogP contribution in [0.2, 0.25) is 0 Å². The number of rotatable bonds is 5. The summed E-state index contributed by atoms with van der Waals surface area (Å²) in [5.74, 6) is -1.07. The molecule has 0 heterocycles. The van der Waals surface area contributed by atoms with Crippen LogP contribution in [-0.4, -0.2) is 29.8 Å². The highest BCUT2D eigenvalue weighted by Gasteiger charge is 2.23. The third-order valence-electron chi connectivity index (χ3n) is 2.75. The standard InChI is InChI=1S/C16H23FN2O2/c1-11(2)9-19(10-12(3)4)16(21)15(20)18-14-7-5-13(17)6-8-14/h5-8,11-12H,9-10H2,1-4H3,(H,18,20). The van der Waals surface area contributed by atoms with Gasteiger partial charge >= 0.3 is 11.8 Å². The van der Waals surface area contributed by atoms with Gasteiger partial charge in [0.25, 0.3) is 0 Å². The summed E-state index contributed by atoms with van der Waals surface area (Å²) in [6, 6.07) is 5.33. The van der Waals surface area contributed by atoms with Crippen LogP contribution in [0.15, 0.2) is 24.3 Å². The van der Waals surface area contributed by atoms with E-state index in [0.29, 0.717) is 18.8 Å². The van der Waals surface area contributed by atoms with Crippen molar-refractivity contribution >= 4 is 17.5 Å². The summed E-state index contributed by atoms with van der Waals surface area (Å²) in [6.45, 7) is 9.07. The maximum atomic E-state index is 12.8. The van der Waals surface area contributed by atoms with E-state index in [-0.39, 0.29) is 17.7 Å². The van der Waals surface area contributed by atoms with Crippen LogP contribution in [-0.2, 0) is 9.59 Å². The maximum absolute atomic E-state index is 12.8. The second kappa shape index (κ2) is 7.76. The lowest BCUT2D eigenvalue weighted by Gasteiger charge is -2.25. The first-order chi connectivity index (χ1) is 9.79. The van der Waals surface area contributed by atoms with Crippen LogP contribution in [0.4, 0.5) is 10.1 Å². The van der Waals surface area contributed by atoms with Gasteiger partial charge in [0.2, 0.25) is 0 Å². The van der Waals surface area contributed by atoms with Crippen LogP contribution in [0.25, 0.3) is 0 Å². The molecule has 1 rings (SSSR count). The summed E-state index contributed by atoms with van der Waals surface area (Å²) in [6.07, 6.45) is 0. The van der Waals surface area contributed by atoms with Crippen molar-refractivity contribution in [3.8, 4) is 0 Å². The Morgan fingerprint density at radius 1 is 1.05 bits per heavy atom. The van der Waals surface area contributed by atoms with Gasteiger partial charge < -0.3 is 10.2 Å². The largest absolute Gasteiger partial charge is 0.334 e. The first-order valence-corrected chi connectivity index (χ1v) is 7.15. The maximum Gasteiger partial charge on any atom is 0.313 e. The predicted molar refractivity (Wildman–Crippen MR) is 81.3 cm³/mol. The van der Waals surface area contributed by atoms with Gasteiger partial charge in [-0.2, -0.15) is 0 Å². The van der Waals surface area contributed by atoms with E-state index in [0.717, 1.165) is 0 Å². The lowest BCUT2D eigenvalue weighted by atomic mass is 10.1. The molecule has 5 heteroatoms. The van der Waals surface area contributed by atoms with E-state index < -0.39 is 11.8 Å². The third kappa shape index (κ3) is 5.94. The second-order valence-corrected chi connectivity index (χ2v) is 5.96. The summed E-state index contributed by atoms with van der Waals surface area (Å²) in [5.41, 5.74) is 0.406. The lowest BCUT2D eigenvalue weighted by Crippen LogP contribution is -2.43. The topological polar surface area (TPSA) is 49.4 Å². The molecule has 0 fully saturated rings. The monoisotopic (exact) mass is 294 g/mol. The molecule has 0 aliphatic carbocycles. The van der Waals surface area contributed by atoms with Gasteiger partial charge in [0.1, 0.15) is 5.82 Å². The van der Waals surface area contributed by atoms with Crippen molar-refractivity contribution in [2.24, 2.45) is 11.8 Å². The quantitative estimate of drug-likeness (QED) is 0.849. The van der Waals surface area contributed by atoms with E-state index in [1.54, 1.807) is 4.90 Å². The SMILES string of the molecule is CC(C)CN(CC(C)C)C(=O)C(=O)Nc1ccc(F)cc1. The number of hydrogen-bond donors (Lipinski definition) is 1. The predicted octanol–water partition coefficient (Wildman–Crippen LogP) is 2.90. The zero-order valence-electron chi connectivity index (χ0n) is 13.0. The fourth-order valence-corrected chi connectivity index (χ4v) is 1.98. The van der Waals surface area contributed by atoms with Crippen LogP contribution >= 0.6 is 0 Å². The molecule has 0 radical (unpaired) electrons. The number of nitrogens with zero attached hydrogens (tertiary/aromatic N) is 1. The normalized spacial score (nSPS) is 10.8. The average molecular weight is 294 g/mol. The zero-order valence-corrected chi connectivity index (χ0v) is 13.0. The molecule has 0 unspecified atom stereocenters. The molecule has 0 spiro atoms.